The van der Waals surface area contributed by atoms with E-state index < -0.39 is 0 Å². The van der Waals surface area contributed by atoms with Crippen molar-refractivity contribution in [1.29, 1.82) is 0 Å². The van der Waals surface area contributed by atoms with Crippen molar-refractivity contribution in [3.8, 4) is 0 Å². The van der Waals surface area contributed by atoms with Gasteiger partial charge in [-0.25, -0.2) is 4.42 Å². The lowest BCUT2D eigenvalue weighted by atomic mass is 10.2. The van der Waals surface area contributed by atoms with Gasteiger partial charge in [0.15, 0.2) is 0 Å². The van der Waals surface area contributed by atoms with Gasteiger partial charge in [0.05, 0.1) is 0 Å². The molecule has 0 saturated carbocycles. The van der Waals surface area contributed by atoms with Crippen molar-refractivity contribution in [2.75, 3.05) is 6.54 Å². The average molecular weight is 163 g/mol. The van der Waals surface area contributed by atoms with Crippen LogP contribution in [0.3, 0.4) is 0 Å². The Morgan fingerprint density at radius 3 is 2.60 bits per heavy atom. The van der Waals surface area contributed by atoms with Crippen LogP contribution in [0.5, 0.6) is 0 Å². The Hall–Kier alpha value is -0.240. The van der Waals surface area contributed by atoms with Gasteiger partial charge in [0.1, 0.15) is 0 Å². The van der Waals surface area contributed by atoms with Crippen LogP contribution in [0.4, 0.5) is 0 Å². The predicted molar refractivity (Wildman–Crippen MR) is 42.4 cm³/mol. The molecule has 0 aromatic carbocycles. The zero-order chi connectivity index (χ0) is 7.82. The first-order valence-corrected chi connectivity index (χ1v) is 3.96. The minimum Gasteiger partial charge on any atom is -0.262 e. The van der Waals surface area contributed by atoms with Gasteiger partial charge >= 0.3 is 6.41 Å². The molecule has 0 N–H and O–H groups in total. The van der Waals surface area contributed by atoms with Gasteiger partial charge in [-0.15, -0.1) is 0 Å². The zero-order valence-corrected chi connectivity index (χ0v) is 7.02. The number of nitrogens with zero attached hydrogens (tertiary/aromatic N) is 1. The third-order valence-electron chi connectivity index (χ3n) is 1.31. The Kier molecular flexibility index (Phi) is 6.71. The SMILES string of the molecule is CCCCCCN(Cl)[C]=O. The van der Waals surface area contributed by atoms with E-state index in [9.17, 15) is 4.79 Å². The fourth-order valence-electron chi connectivity index (χ4n) is 0.723. The maximum Gasteiger partial charge on any atom is 0.327 e. The Morgan fingerprint density at radius 1 is 1.40 bits per heavy atom. The fraction of sp³-hybridized carbons (Fsp3) is 0.857. The van der Waals surface area contributed by atoms with Gasteiger partial charge in [0.2, 0.25) is 0 Å². The molecule has 0 heterocycles. The van der Waals surface area contributed by atoms with Gasteiger partial charge in [0, 0.05) is 18.3 Å². The monoisotopic (exact) mass is 162 g/mol. The first kappa shape index (κ1) is 9.76. The highest BCUT2D eigenvalue weighted by atomic mass is 35.5. The third kappa shape index (κ3) is 5.89. The van der Waals surface area contributed by atoms with Crippen LogP contribution < -0.4 is 0 Å². The molecule has 3 heteroatoms. The summed E-state index contributed by atoms with van der Waals surface area (Å²) < 4.78 is 1.04. The number of amides is 1. The Labute approximate surface area is 67.3 Å². The molecule has 2 nitrogen and oxygen atoms in total. The largest absolute Gasteiger partial charge is 0.327 e. The number of rotatable bonds is 6. The van der Waals surface area contributed by atoms with E-state index in [1.54, 1.807) is 6.41 Å². The minimum absolute atomic E-state index is 0.616. The van der Waals surface area contributed by atoms with Gasteiger partial charge in [-0.2, -0.15) is 0 Å². The maximum atomic E-state index is 9.84. The second kappa shape index (κ2) is 6.87. The summed E-state index contributed by atoms with van der Waals surface area (Å²) >= 11 is 5.35. The van der Waals surface area contributed by atoms with Crippen LogP contribution in [0.15, 0.2) is 0 Å². The summed E-state index contributed by atoms with van der Waals surface area (Å²) in [5.41, 5.74) is 0. The zero-order valence-electron chi connectivity index (χ0n) is 6.27. The van der Waals surface area contributed by atoms with Crippen LogP contribution >= 0.6 is 11.8 Å². The number of unbranched alkanes of at least 4 members (excludes halogenated alkanes) is 3. The molecule has 0 rings (SSSR count). The number of hydrogen-bond donors (Lipinski definition) is 0. The summed E-state index contributed by atoms with van der Waals surface area (Å²) in [4.78, 5) is 9.84. The summed E-state index contributed by atoms with van der Waals surface area (Å²) in [6, 6.07) is 0. The van der Waals surface area contributed by atoms with Crippen LogP contribution in [-0.4, -0.2) is 17.4 Å². The normalized spacial score (nSPS) is 9.40. The van der Waals surface area contributed by atoms with Crippen LogP contribution in [0.2, 0.25) is 0 Å². The standard InChI is InChI=1S/C7H13ClNO/c1-2-3-4-5-6-9(8)7-10/h2-6H2,1H3. The van der Waals surface area contributed by atoms with E-state index >= 15 is 0 Å². The first-order valence-electron chi connectivity index (χ1n) is 3.62. The highest BCUT2D eigenvalue weighted by Crippen LogP contribution is 2.00. The van der Waals surface area contributed by atoms with E-state index in [4.69, 9.17) is 11.8 Å². The van der Waals surface area contributed by atoms with Gasteiger partial charge < -0.3 is 0 Å². The third-order valence-corrected chi connectivity index (χ3v) is 1.55. The Balaban J connectivity index is 2.95. The molecular formula is C7H13ClNO. The molecule has 0 aliphatic carbocycles. The lowest BCUT2D eigenvalue weighted by molar-refractivity contribution is 0.484. The molecule has 0 atom stereocenters. The van der Waals surface area contributed by atoms with Crippen LogP contribution in [-0.2, 0) is 4.79 Å². The molecule has 0 aromatic rings. The first-order chi connectivity index (χ1) is 4.81. The van der Waals surface area contributed by atoms with Gasteiger partial charge in [-0.3, -0.25) is 4.79 Å². The van der Waals surface area contributed by atoms with Crippen molar-refractivity contribution in [2.24, 2.45) is 0 Å². The Bertz CT molecular complexity index is 87.7. The molecule has 59 valence electrons. The van der Waals surface area contributed by atoms with E-state index in [-0.39, 0.29) is 0 Å². The van der Waals surface area contributed by atoms with Crippen molar-refractivity contribution >= 4 is 18.2 Å². The highest BCUT2D eigenvalue weighted by molar-refractivity contribution is 6.18. The van der Waals surface area contributed by atoms with E-state index in [0.717, 1.165) is 17.3 Å². The summed E-state index contributed by atoms with van der Waals surface area (Å²) in [6.07, 6.45) is 6.12. The van der Waals surface area contributed by atoms with Crippen molar-refractivity contribution < 1.29 is 4.79 Å². The van der Waals surface area contributed by atoms with Gasteiger partial charge in [-0.1, -0.05) is 26.2 Å². The van der Waals surface area contributed by atoms with Crippen molar-refractivity contribution in [3.63, 3.8) is 0 Å². The van der Waals surface area contributed by atoms with Crippen molar-refractivity contribution in [2.45, 2.75) is 32.6 Å². The number of halogens is 1. The molecular weight excluding hydrogens is 150 g/mol. The van der Waals surface area contributed by atoms with Crippen LogP contribution in [0.1, 0.15) is 32.6 Å². The van der Waals surface area contributed by atoms with Gasteiger partial charge in [0.25, 0.3) is 0 Å². The molecule has 0 aliphatic rings. The molecule has 0 saturated heterocycles. The summed E-state index contributed by atoms with van der Waals surface area (Å²) in [5.74, 6) is 0. The molecule has 0 bridgehead atoms. The Morgan fingerprint density at radius 2 is 2.10 bits per heavy atom. The summed E-state index contributed by atoms with van der Waals surface area (Å²) in [6.45, 7) is 2.76. The number of hydrogen-bond acceptors (Lipinski definition) is 1. The second-order valence-corrected chi connectivity index (χ2v) is 2.65. The molecule has 0 aliphatic heterocycles. The smallest absolute Gasteiger partial charge is 0.262 e. The second-order valence-electron chi connectivity index (χ2n) is 2.24. The predicted octanol–water partition coefficient (Wildman–Crippen LogP) is 2.09. The molecule has 0 aromatic heterocycles. The number of carbonyl (C=O) groups excluding carboxylic acids is 1. The van der Waals surface area contributed by atoms with Crippen molar-refractivity contribution in [1.82, 2.24) is 4.42 Å². The molecule has 0 unspecified atom stereocenters. The highest BCUT2D eigenvalue weighted by Gasteiger charge is 1.95. The topological polar surface area (TPSA) is 20.3 Å². The lowest BCUT2D eigenvalue weighted by Gasteiger charge is -2.03. The van der Waals surface area contributed by atoms with Gasteiger partial charge in [-0.05, 0) is 6.42 Å². The maximum absolute atomic E-state index is 9.84. The lowest BCUT2D eigenvalue weighted by Crippen LogP contribution is -2.10. The molecule has 1 radical (unpaired) electrons. The van der Waals surface area contributed by atoms with E-state index in [0.29, 0.717) is 6.54 Å². The molecule has 0 spiro atoms. The van der Waals surface area contributed by atoms with E-state index in [1.165, 1.54) is 12.8 Å². The molecule has 0 fully saturated rings. The van der Waals surface area contributed by atoms with Crippen LogP contribution in [0.25, 0.3) is 0 Å². The summed E-state index contributed by atoms with van der Waals surface area (Å²) in [5, 5.41) is 0. The molecule has 1 amide bonds. The van der Waals surface area contributed by atoms with E-state index in [2.05, 4.69) is 6.92 Å². The quantitative estimate of drug-likeness (QED) is 0.333. The summed E-state index contributed by atoms with van der Waals surface area (Å²) in [7, 11) is 0. The van der Waals surface area contributed by atoms with Crippen molar-refractivity contribution in [3.05, 3.63) is 0 Å². The molecule has 10 heavy (non-hydrogen) atoms. The van der Waals surface area contributed by atoms with Crippen LogP contribution in [0, 0.1) is 0 Å². The minimum atomic E-state index is 0.616. The fourth-order valence-corrected chi connectivity index (χ4v) is 0.843. The average Bonchev–Trinajstić information content (AvgIpc) is 1.98. The van der Waals surface area contributed by atoms with E-state index in [1.807, 2.05) is 0 Å².